The van der Waals surface area contributed by atoms with Gasteiger partial charge in [-0.05, 0) is 38.0 Å². The van der Waals surface area contributed by atoms with E-state index in [0.717, 1.165) is 18.3 Å². The van der Waals surface area contributed by atoms with Gasteiger partial charge in [0.2, 0.25) is 0 Å². The molecule has 2 N–H and O–H groups in total. The zero-order chi connectivity index (χ0) is 11.8. The van der Waals surface area contributed by atoms with Gasteiger partial charge in [-0.25, -0.2) is 0 Å². The van der Waals surface area contributed by atoms with Gasteiger partial charge in [0, 0.05) is 18.7 Å². The normalized spacial score (nSPS) is 14.2. The lowest BCUT2D eigenvalue weighted by Gasteiger charge is -2.26. The van der Waals surface area contributed by atoms with E-state index >= 15 is 0 Å². The van der Waals surface area contributed by atoms with Crippen molar-refractivity contribution in [1.29, 1.82) is 0 Å². The van der Waals surface area contributed by atoms with Crippen LogP contribution in [0.5, 0.6) is 0 Å². The first kappa shape index (κ1) is 14.9. The predicted octanol–water partition coefficient (Wildman–Crippen LogP) is 2.81. The summed E-state index contributed by atoms with van der Waals surface area (Å²) in [7, 11) is 0. The molecule has 0 aliphatic carbocycles. The zero-order valence-electron chi connectivity index (χ0n) is 11.1. The highest BCUT2D eigenvalue weighted by molar-refractivity contribution is 4.74. The predicted molar refractivity (Wildman–Crippen MR) is 67.0 cm³/mol. The molecule has 0 bridgehead atoms. The Balaban J connectivity index is 3.99. The van der Waals surface area contributed by atoms with Crippen molar-refractivity contribution in [2.45, 2.75) is 66.0 Å². The summed E-state index contributed by atoms with van der Waals surface area (Å²) in [4.78, 5) is 0. The quantitative estimate of drug-likeness (QED) is 0.652. The third-order valence-electron chi connectivity index (χ3n) is 2.59. The first-order valence-electron chi connectivity index (χ1n) is 6.32. The van der Waals surface area contributed by atoms with Crippen LogP contribution in [0.3, 0.4) is 0 Å². The molecule has 0 aromatic carbocycles. The molecule has 2 heteroatoms. The van der Waals surface area contributed by atoms with Crippen molar-refractivity contribution in [3.63, 3.8) is 0 Å². The van der Waals surface area contributed by atoms with Crippen LogP contribution in [0.2, 0.25) is 0 Å². The van der Waals surface area contributed by atoms with Crippen LogP contribution in [-0.4, -0.2) is 23.8 Å². The standard InChI is InChI=1S/C13H29NO/c1-10(2)8-13(9-11(3)4)14-12(5)6-7-15/h10-15H,6-9H2,1-5H3. The van der Waals surface area contributed by atoms with Gasteiger partial charge >= 0.3 is 0 Å². The Kier molecular flexibility index (Phi) is 8.07. The monoisotopic (exact) mass is 215 g/mol. The van der Waals surface area contributed by atoms with Gasteiger partial charge in [-0.2, -0.15) is 0 Å². The van der Waals surface area contributed by atoms with E-state index in [2.05, 4.69) is 39.9 Å². The maximum absolute atomic E-state index is 8.87. The van der Waals surface area contributed by atoms with Crippen LogP contribution in [0.25, 0.3) is 0 Å². The molecule has 1 atom stereocenters. The molecule has 0 aliphatic heterocycles. The topological polar surface area (TPSA) is 32.3 Å². The van der Waals surface area contributed by atoms with Gasteiger partial charge in [0.15, 0.2) is 0 Å². The molecule has 15 heavy (non-hydrogen) atoms. The highest BCUT2D eigenvalue weighted by atomic mass is 16.3. The summed E-state index contributed by atoms with van der Waals surface area (Å²) >= 11 is 0. The van der Waals surface area contributed by atoms with Crippen molar-refractivity contribution in [3.05, 3.63) is 0 Å². The highest BCUT2D eigenvalue weighted by Crippen LogP contribution is 2.14. The number of hydrogen-bond donors (Lipinski definition) is 2. The first-order valence-corrected chi connectivity index (χ1v) is 6.32. The van der Waals surface area contributed by atoms with Gasteiger partial charge in [0.25, 0.3) is 0 Å². The fraction of sp³-hybridized carbons (Fsp3) is 1.00. The minimum absolute atomic E-state index is 0.282. The molecule has 0 amide bonds. The Labute approximate surface area is 95.5 Å². The fourth-order valence-corrected chi connectivity index (χ4v) is 2.05. The molecule has 2 nitrogen and oxygen atoms in total. The van der Waals surface area contributed by atoms with Gasteiger partial charge in [0.1, 0.15) is 0 Å². The van der Waals surface area contributed by atoms with E-state index in [4.69, 9.17) is 5.11 Å². The second-order valence-electron chi connectivity index (χ2n) is 5.54. The van der Waals surface area contributed by atoms with E-state index in [1.807, 2.05) is 0 Å². The number of hydrogen-bond acceptors (Lipinski definition) is 2. The largest absolute Gasteiger partial charge is 0.396 e. The van der Waals surface area contributed by atoms with Gasteiger partial charge in [-0.3, -0.25) is 0 Å². The molecule has 0 heterocycles. The molecular formula is C13H29NO. The molecule has 0 radical (unpaired) electrons. The molecule has 92 valence electrons. The molecular weight excluding hydrogens is 186 g/mol. The minimum Gasteiger partial charge on any atom is -0.396 e. The summed E-state index contributed by atoms with van der Waals surface area (Å²) in [6.45, 7) is 11.5. The van der Waals surface area contributed by atoms with Gasteiger partial charge in [0.05, 0.1) is 0 Å². The van der Waals surface area contributed by atoms with Crippen LogP contribution >= 0.6 is 0 Å². The molecule has 0 rings (SSSR count). The van der Waals surface area contributed by atoms with Crippen molar-refractivity contribution in [1.82, 2.24) is 5.32 Å². The summed E-state index contributed by atoms with van der Waals surface area (Å²) in [6, 6.07) is 1.03. The average Bonchev–Trinajstić information content (AvgIpc) is 2.00. The highest BCUT2D eigenvalue weighted by Gasteiger charge is 2.14. The van der Waals surface area contributed by atoms with E-state index in [-0.39, 0.29) is 6.61 Å². The molecule has 0 aromatic heterocycles. The Morgan fingerprint density at radius 2 is 1.40 bits per heavy atom. The molecule has 0 saturated heterocycles. The summed E-state index contributed by atoms with van der Waals surface area (Å²) < 4.78 is 0. The van der Waals surface area contributed by atoms with Crippen molar-refractivity contribution >= 4 is 0 Å². The van der Waals surface area contributed by atoms with E-state index in [1.165, 1.54) is 12.8 Å². The van der Waals surface area contributed by atoms with Crippen LogP contribution < -0.4 is 5.32 Å². The van der Waals surface area contributed by atoms with E-state index in [0.29, 0.717) is 12.1 Å². The van der Waals surface area contributed by atoms with E-state index in [9.17, 15) is 0 Å². The molecule has 0 saturated carbocycles. The minimum atomic E-state index is 0.282. The van der Waals surface area contributed by atoms with Gasteiger partial charge in [-0.1, -0.05) is 27.7 Å². The molecule has 0 spiro atoms. The third-order valence-corrected chi connectivity index (χ3v) is 2.59. The van der Waals surface area contributed by atoms with Crippen LogP contribution in [0.1, 0.15) is 53.9 Å². The molecule has 0 aromatic rings. The maximum Gasteiger partial charge on any atom is 0.0445 e. The number of aliphatic hydroxyl groups excluding tert-OH is 1. The van der Waals surface area contributed by atoms with Crippen molar-refractivity contribution in [3.8, 4) is 0 Å². The zero-order valence-corrected chi connectivity index (χ0v) is 11.1. The van der Waals surface area contributed by atoms with Gasteiger partial charge in [-0.15, -0.1) is 0 Å². The van der Waals surface area contributed by atoms with Crippen molar-refractivity contribution in [2.75, 3.05) is 6.61 Å². The second-order valence-corrected chi connectivity index (χ2v) is 5.54. The lowest BCUT2D eigenvalue weighted by molar-refractivity contribution is 0.252. The Morgan fingerprint density at radius 3 is 1.73 bits per heavy atom. The summed E-state index contributed by atoms with van der Waals surface area (Å²) in [6.07, 6.45) is 3.31. The Bertz CT molecular complexity index is 135. The smallest absolute Gasteiger partial charge is 0.0445 e. The Hall–Kier alpha value is -0.0800. The average molecular weight is 215 g/mol. The van der Waals surface area contributed by atoms with E-state index in [1.54, 1.807) is 0 Å². The van der Waals surface area contributed by atoms with Crippen molar-refractivity contribution in [2.24, 2.45) is 11.8 Å². The lowest BCUT2D eigenvalue weighted by atomic mass is 9.95. The molecule has 1 unspecified atom stereocenters. The summed E-state index contributed by atoms with van der Waals surface area (Å²) in [5.41, 5.74) is 0. The third kappa shape index (κ3) is 8.88. The second kappa shape index (κ2) is 8.12. The van der Waals surface area contributed by atoms with Crippen LogP contribution in [-0.2, 0) is 0 Å². The lowest BCUT2D eigenvalue weighted by Crippen LogP contribution is -2.38. The number of rotatable bonds is 8. The van der Waals surface area contributed by atoms with Crippen molar-refractivity contribution < 1.29 is 5.11 Å². The summed E-state index contributed by atoms with van der Waals surface area (Å²) in [5, 5.41) is 12.5. The number of aliphatic hydroxyl groups is 1. The molecule has 0 fully saturated rings. The van der Waals surface area contributed by atoms with E-state index < -0.39 is 0 Å². The van der Waals surface area contributed by atoms with Crippen LogP contribution in [0, 0.1) is 11.8 Å². The molecule has 0 aliphatic rings. The van der Waals surface area contributed by atoms with Crippen LogP contribution in [0.15, 0.2) is 0 Å². The van der Waals surface area contributed by atoms with Crippen LogP contribution in [0.4, 0.5) is 0 Å². The van der Waals surface area contributed by atoms with Gasteiger partial charge < -0.3 is 10.4 Å². The SMILES string of the molecule is CC(C)CC(CC(C)C)NC(C)CCO. The first-order chi connectivity index (χ1) is 6.95. The summed E-state index contributed by atoms with van der Waals surface area (Å²) in [5.74, 6) is 1.48. The Morgan fingerprint density at radius 1 is 0.933 bits per heavy atom. The fourth-order valence-electron chi connectivity index (χ4n) is 2.05. The maximum atomic E-state index is 8.87. The number of nitrogens with one attached hydrogen (secondary N) is 1.